The van der Waals surface area contributed by atoms with E-state index < -0.39 is 6.10 Å². The number of nitrogens with zero attached hydrogens (tertiary/aromatic N) is 6. The maximum atomic E-state index is 13.6. The Morgan fingerprint density at radius 2 is 1.29 bits per heavy atom. The van der Waals surface area contributed by atoms with Gasteiger partial charge in [0.05, 0.1) is 38.9 Å². The van der Waals surface area contributed by atoms with E-state index in [1.165, 1.54) is 32.1 Å². The lowest BCUT2D eigenvalue weighted by Gasteiger charge is -2.32. The van der Waals surface area contributed by atoms with E-state index in [4.69, 9.17) is 28.2 Å². The molecule has 0 unspecified atom stereocenters. The molecule has 2 aliphatic heterocycles. The lowest BCUT2D eigenvalue weighted by molar-refractivity contribution is 0.100. The maximum Gasteiger partial charge on any atom is 0.291 e. The van der Waals surface area contributed by atoms with Crippen LogP contribution < -0.4 is 10.6 Å². The third kappa shape index (κ3) is 7.45. The minimum Gasteiger partial charge on any atom is -0.392 e. The van der Waals surface area contributed by atoms with Crippen molar-refractivity contribution in [3.63, 3.8) is 0 Å². The quantitative estimate of drug-likeness (QED) is 0.185. The Morgan fingerprint density at radius 3 is 1.80 bits per heavy atom. The molecule has 1 fully saturated rings. The molecule has 0 radical (unpaired) electrons. The van der Waals surface area contributed by atoms with Crippen LogP contribution in [0.3, 0.4) is 0 Å². The Balaban J connectivity index is 1.06. The highest BCUT2D eigenvalue weighted by Gasteiger charge is 2.29. The fraction of sp³-hybridized carbons (Fsp3) is 0.474. The largest absolute Gasteiger partial charge is 0.392 e. The minimum atomic E-state index is -0.439. The van der Waals surface area contributed by atoms with Crippen molar-refractivity contribution in [2.45, 2.75) is 71.1 Å². The number of halogens is 2. The SMILES string of the molecule is C[C@@H](O)CN1CCc2c(nc(C(=O)Nc3cccc(-c4cccc(NC(=O)c5nc6c(n5C)CCN(CC5CCCCC5)C6)c4Cl)c3Cl)n2C)C1. The molecule has 4 heterocycles. The fourth-order valence-corrected chi connectivity index (χ4v) is 8.57. The smallest absolute Gasteiger partial charge is 0.291 e. The van der Waals surface area contributed by atoms with Crippen molar-refractivity contribution >= 4 is 46.4 Å². The number of carbonyl (C=O) groups is 2. The first-order valence-electron chi connectivity index (χ1n) is 18.0. The van der Waals surface area contributed by atoms with Gasteiger partial charge in [-0.15, -0.1) is 0 Å². The monoisotopic (exact) mass is 732 g/mol. The number of aliphatic hydroxyl groups excluding tert-OH is 1. The zero-order valence-electron chi connectivity index (χ0n) is 29.5. The summed E-state index contributed by atoms with van der Waals surface area (Å²) in [4.78, 5) is 41.2. The van der Waals surface area contributed by atoms with Gasteiger partial charge < -0.3 is 24.9 Å². The van der Waals surface area contributed by atoms with Gasteiger partial charge in [-0.25, -0.2) is 9.97 Å². The van der Waals surface area contributed by atoms with Gasteiger partial charge in [-0.3, -0.25) is 19.4 Å². The molecule has 11 nitrogen and oxygen atoms in total. The molecule has 1 atom stereocenters. The molecule has 4 aromatic rings. The molecule has 7 rings (SSSR count). The normalized spacial score (nSPS) is 17.5. The summed E-state index contributed by atoms with van der Waals surface area (Å²) in [5, 5.41) is 16.4. The van der Waals surface area contributed by atoms with Gasteiger partial charge in [0.15, 0.2) is 11.6 Å². The van der Waals surface area contributed by atoms with Crippen LogP contribution in [0, 0.1) is 5.92 Å². The average molecular weight is 734 g/mol. The van der Waals surface area contributed by atoms with E-state index in [2.05, 4.69) is 25.4 Å². The van der Waals surface area contributed by atoms with Crippen LogP contribution >= 0.6 is 23.2 Å². The molecule has 2 amide bonds. The van der Waals surface area contributed by atoms with Crippen molar-refractivity contribution < 1.29 is 14.7 Å². The van der Waals surface area contributed by atoms with Crippen molar-refractivity contribution in [1.29, 1.82) is 0 Å². The molecule has 0 spiro atoms. The number of anilines is 2. The third-order valence-electron chi connectivity index (χ3n) is 10.6. The van der Waals surface area contributed by atoms with Crippen LogP contribution in [-0.2, 0) is 40.0 Å². The first-order chi connectivity index (χ1) is 24.6. The van der Waals surface area contributed by atoms with E-state index in [1.807, 2.05) is 41.4 Å². The third-order valence-corrected chi connectivity index (χ3v) is 11.4. The molecule has 3 aliphatic rings. The molecule has 1 saturated carbocycles. The van der Waals surface area contributed by atoms with E-state index in [1.54, 1.807) is 25.1 Å². The zero-order valence-corrected chi connectivity index (χ0v) is 31.0. The van der Waals surface area contributed by atoms with Crippen LogP contribution in [0.4, 0.5) is 11.4 Å². The molecular formula is C38H46Cl2N8O3. The zero-order chi connectivity index (χ0) is 35.8. The highest BCUT2D eigenvalue weighted by atomic mass is 35.5. The van der Waals surface area contributed by atoms with Gasteiger partial charge in [0.1, 0.15) is 0 Å². The van der Waals surface area contributed by atoms with Crippen molar-refractivity contribution in [2.24, 2.45) is 20.0 Å². The lowest BCUT2D eigenvalue weighted by atomic mass is 9.88. The maximum absolute atomic E-state index is 13.6. The molecule has 2 aromatic carbocycles. The number of rotatable bonds is 9. The molecule has 51 heavy (non-hydrogen) atoms. The number of β-amino-alcohol motifs (C(OH)–C–C–N with tert-alkyl or cyclic N) is 1. The van der Waals surface area contributed by atoms with Gasteiger partial charge in [-0.05, 0) is 37.8 Å². The fourth-order valence-electron chi connectivity index (χ4n) is 8.02. The second-order valence-electron chi connectivity index (χ2n) is 14.3. The lowest BCUT2D eigenvalue weighted by Crippen LogP contribution is -2.36. The molecule has 0 bridgehead atoms. The number of carbonyl (C=O) groups excluding carboxylic acids is 2. The van der Waals surface area contributed by atoms with Crippen molar-refractivity contribution in [3.05, 3.63) is 80.9 Å². The topological polar surface area (TPSA) is 121 Å². The number of hydrogen-bond acceptors (Lipinski definition) is 7. The molecule has 13 heteroatoms. The summed E-state index contributed by atoms with van der Waals surface area (Å²) in [5.41, 5.74) is 5.99. The number of fused-ring (bicyclic) bond motifs is 2. The second-order valence-corrected chi connectivity index (χ2v) is 15.1. The van der Waals surface area contributed by atoms with Gasteiger partial charge >= 0.3 is 0 Å². The molecule has 270 valence electrons. The molecular weight excluding hydrogens is 687 g/mol. The number of benzene rings is 2. The molecule has 0 saturated heterocycles. The van der Waals surface area contributed by atoms with E-state index in [-0.39, 0.29) is 17.6 Å². The van der Waals surface area contributed by atoms with Crippen molar-refractivity contribution in [3.8, 4) is 11.1 Å². The first kappa shape index (κ1) is 35.7. The summed E-state index contributed by atoms with van der Waals surface area (Å²) in [7, 11) is 3.75. The van der Waals surface area contributed by atoms with Crippen LogP contribution in [0.1, 0.15) is 83.0 Å². The standard InChI is InChI=1S/C38H46Cl2N8O3/c1-23(49)19-47-17-15-31-29(21-47)41-35(45(31)2)37(50)43-27-13-7-11-25(33(27)39)26-12-8-14-28(34(26)40)44-38(51)36-42-30-22-48(18-16-32(30)46(36)3)20-24-9-5-4-6-10-24/h7-8,11-14,23-24,49H,4-6,9-10,15-22H2,1-3H3,(H,43,50)(H,44,51)/t23-/m1/s1. The predicted molar refractivity (Wildman–Crippen MR) is 200 cm³/mol. The Hall–Kier alpha value is -3.74. The van der Waals surface area contributed by atoms with E-state index in [0.29, 0.717) is 51.5 Å². The Labute approximate surface area is 309 Å². The van der Waals surface area contributed by atoms with Gasteiger partial charge in [0.2, 0.25) is 0 Å². The molecule has 1 aliphatic carbocycles. The van der Waals surface area contributed by atoms with E-state index in [9.17, 15) is 14.7 Å². The Morgan fingerprint density at radius 1 is 0.804 bits per heavy atom. The molecule has 2 aromatic heterocycles. The van der Waals surface area contributed by atoms with Crippen molar-refractivity contribution in [2.75, 3.05) is 36.8 Å². The highest BCUT2D eigenvalue weighted by Crippen LogP contribution is 2.40. The number of aliphatic hydroxyl groups is 1. The van der Waals surface area contributed by atoms with Crippen LogP contribution in [0.5, 0.6) is 0 Å². The van der Waals surface area contributed by atoms with Gasteiger partial charge in [-0.2, -0.15) is 0 Å². The Kier molecular flexibility index (Phi) is 10.5. The summed E-state index contributed by atoms with van der Waals surface area (Å²) in [6.45, 7) is 6.52. The summed E-state index contributed by atoms with van der Waals surface area (Å²) in [5.74, 6) is 0.692. The van der Waals surface area contributed by atoms with E-state index >= 15 is 0 Å². The number of amides is 2. The number of nitrogens with one attached hydrogen (secondary N) is 2. The first-order valence-corrected chi connectivity index (χ1v) is 18.7. The molecule has 3 N–H and O–H groups in total. The number of imidazole rings is 2. The second kappa shape index (κ2) is 15.1. The van der Waals surface area contributed by atoms with Crippen LogP contribution in [0.25, 0.3) is 11.1 Å². The van der Waals surface area contributed by atoms with Crippen LogP contribution in [0.2, 0.25) is 10.0 Å². The summed E-state index contributed by atoms with van der Waals surface area (Å²) in [6.07, 6.45) is 7.79. The Bertz CT molecular complexity index is 1950. The average Bonchev–Trinajstić information content (AvgIpc) is 3.62. The van der Waals surface area contributed by atoms with Crippen LogP contribution in [-0.4, -0.2) is 78.1 Å². The van der Waals surface area contributed by atoms with Gasteiger partial charge in [0.25, 0.3) is 11.8 Å². The predicted octanol–water partition coefficient (Wildman–Crippen LogP) is 6.31. The van der Waals surface area contributed by atoms with Crippen molar-refractivity contribution in [1.82, 2.24) is 28.9 Å². The number of hydrogen-bond donors (Lipinski definition) is 3. The van der Waals surface area contributed by atoms with Gasteiger partial charge in [-0.1, -0.05) is 66.7 Å². The highest BCUT2D eigenvalue weighted by molar-refractivity contribution is 6.40. The summed E-state index contributed by atoms with van der Waals surface area (Å²) in [6, 6.07) is 10.7. The number of aromatic nitrogens is 4. The van der Waals surface area contributed by atoms with Gasteiger partial charge in [0, 0.05) is 88.7 Å². The summed E-state index contributed by atoms with van der Waals surface area (Å²) >= 11 is 13.9. The van der Waals surface area contributed by atoms with Crippen LogP contribution in [0.15, 0.2) is 36.4 Å². The minimum absolute atomic E-state index is 0.288. The van der Waals surface area contributed by atoms with E-state index in [0.717, 1.165) is 67.7 Å². The summed E-state index contributed by atoms with van der Waals surface area (Å²) < 4.78 is 3.74.